The van der Waals surface area contributed by atoms with E-state index in [4.69, 9.17) is 0 Å². The molecule has 6 heteroatoms. The van der Waals surface area contributed by atoms with Crippen LogP contribution in [0.4, 0.5) is 10.1 Å². The summed E-state index contributed by atoms with van der Waals surface area (Å²) in [7, 11) is 0. The van der Waals surface area contributed by atoms with Crippen LogP contribution < -0.4 is 5.32 Å². The highest BCUT2D eigenvalue weighted by Crippen LogP contribution is 2.32. The fourth-order valence-electron chi connectivity index (χ4n) is 2.78. The number of halogens is 1. The van der Waals surface area contributed by atoms with Gasteiger partial charge >= 0.3 is 0 Å². The van der Waals surface area contributed by atoms with Crippen molar-refractivity contribution in [3.63, 3.8) is 0 Å². The molecule has 0 bridgehead atoms. The first kappa shape index (κ1) is 17.0. The molecule has 0 aliphatic heterocycles. The van der Waals surface area contributed by atoms with Gasteiger partial charge in [0.25, 0.3) is 0 Å². The fraction of sp³-hybridized carbons (Fsp3) is 0.263. The third-order valence-electron chi connectivity index (χ3n) is 4.04. The van der Waals surface area contributed by atoms with Crippen LogP contribution in [-0.2, 0) is 11.2 Å². The van der Waals surface area contributed by atoms with Crippen LogP contribution in [0.2, 0.25) is 0 Å². The predicted octanol–water partition coefficient (Wildman–Crippen LogP) is 3.97. The monoisotopic (exact) mass is 338 g/mol. The number of nitrogens with zero attached hydrogens (tertiary/aromatic N) is 3. The Hall–Kier alpha value is -2.89. The zero-order valence-corrected chi connectivity index (χ0v) is 14.6. The molecule has 3 aromatic rings. The predicted molar refractivity (Wildman–Crippen MR) is 95.9 cm³/mol. The minimum absolute atomic E-state index is 0.158. The van der Waals surface area contributed by atoms with Crippen molar-refractivity contribution in [2.75, 3.05) is 5.32 Å². The van der Waals surface area contributed by atoms with Gasteiger partial charge in [-0.2, -0.15) is 0 Å². The lowest BCUT2D eigenvalue weighted by Gasteiger charge is -2.13. The van der Waals surface area contributed by atoms with Crippen LogP contribution in [0, 0.1) is 19.7 Å². The molecule has 0 radical (unpaired) electrons. The van der Waals surface area contributed by atoms with E-state index in [2.05, 4.69) is 20.3 Å². The number of aromatic nitrogens is 3. The number of pyridine rings is 1. The summed E-state index contributed by atoms with van der Waals surface area (Å²) in [6.45, 7) is 7.07. The number of amides is 1. The standard InChI is InChI=1S/C19H19FN4O/c1-5-18-21-9-13-7-15(11(3)22-19(13)24-18)14-8-17(23-12(4)25)16(20)6-10(14)2/h6-9H,5H2,1-4H3,(H,23,25). The molecular weight excluding hydrogens is 319 g/mol. The minimum Gasteiger partial charge on any atom is -0.324 e. The van der Waals surface area contributed by atoms with Crippen molar-refractivity contribution in [1.82, 2.24) is 15.0 Å². The normalized spacial score (nSPS) is 10.9. The Morgan fingerprint density at radius 2 is 1.92 bits per heavy atom. The van der Waals surface area contributed by atoms with Gasteiger partial charge in [0.15, 0.2) is 5.65 Å². The van der Waals surface area contributed by atoms with Gasteiger partial charge in [0.1, 0.15) is 11.6 Å². The maximum absolute atomic E-state index is 14.1. The molecule has 3 rings (SSSR count). The Morgan fingerprint density at radius 1 is 1.16 bits per heavy atom. The molecule has 0 unspecified atom stereocenters. The molecule has 1 N–H and O–H groups in total. The first-order valence-electron chi connectivity index (χ1n) is 8.10. The molecule has 2 aromatic heterocycles. The molecule has 5 nitrogen and oxygen atoms in total. The van der Waals surface area contributed by atoms with Crippen molar-refractivity contribution in [3.05, 3.63) is 47.3 Å². The van der Waals surface area contributed by atoms with E-state index in [9.17, 15) is 9.18 Å². The second-order valence-corrected chi connectivity index (χ2v) is 6.00. The van der Waals surface area contributed by atoms with E-state index < -0.39 is 5.82 Å². The van der Waals surface area contributed by atoms with E-state index in [0.29, 0.717) is 5.65 Å². The molecule has 0 aliphatic carbocycles. The SMILES string of the molecule is CCc1ncc2cc(-c3cc(NC(C)=O)c(F)cc3C)c(C)nc2n1. The van der Waals surface area contributed by atoms with Crippen LogP contribution in [0.1, 0.15) is 30.9 Å². The van der Waals surface area contributed by atoms with Crippen molar-refractivity contribution < 1.29 is 9.18 Å². The molecule has 0 spiro atoms. The zero-order valence-electron chi connectivity index (χ0n) is 14.6. The Balaban J connectivity index is 2.18. The van der Waals surface area contributed by atoms with Gasteiger partial charge in [-0.15, -0.1) is 0 Å². The number of hydrogen-bond acceptors (Lipinski definition) is 4. The lowest BCUT2D eigenvalue weighted by molar-refractivity contribution is -0.114. The summed E-state index contributed by atoms with van der Waals surface area (Å²) in [5, 5.41) is 3.34. The van der Waals surface area contributed by atoms with Gasteiger partial charge in [-0.3, -0.25) is 4.79 Å². The molecule has 2 heterocycles. The van der Waals surface area contributed by atoms with Crippen molar-refractivity contribution in [1.29, 1.82) is 0 Å². The second kappa shape index (κ2) is 6.55. The summed E-state index contributed by atoms with van der Waals surface area (Å²) in [4.78, 5) is 24.6. The van der Waals surface area contributed by atoms with Gasteiger partial charge in [0.05, 0.1) is 5.69 Å². The third-order valence-corrected chi connectivity index (χ3v) is 4.04. The van der Waals surface area contributed by atoms with E-state index >= 15 is 0 Å². The average Bonchev–Trinajstić information content (AvgIpc) is 2.56. The summed E-state index contributed by atoms with van der Waals surface area (Å²) < 4.78 is 14.1. The number of benzene rings is 1. The van der Waals surface area contributed by atoms with Gasteiger partial charge in [-0.1, -0.05) is 6.92 Å². The topological polar surface area (TPSA) is 67.8 Å². The largest absolute Gasteiger partial charge is 0.324 e. The van der Waals surface area contributed by atoms with Crippen molar-refractivity contribution >= 4 is 22.6 Å². The minimum atomic E-state index is -0.459. The first-order chi connectivity index (χ1) is 11.9. The summed E-state index contributed by atoms with van der Waals surface area (Å²) in [5.41, 5.74) is 4.04. The van der Waals surface area contributed by atoms with Crippen LogP contribution in [0.15, 0.2) is 24.4 Å². The summed E-state index contributed by atoms with van der Waals surface area (Å²) in [6, 6.07) is 5.01. The molecule has 0 saturated heterocycles. The van der Waals surface area contributed by atoms with Gasteiger partial charge in [0.2, 0.25) is 5.91 Å². The molecule has 0 aliphatic rings. The van der Waals surface area contributed by atoms with Crippen LogP contribution >= 0.6 is 0 Å². The number of anilines is 1. The number of carbonyl (C=O) groups is 1. The maximum Gasteiger partial charge on any atom is 0.221 e. The van der Waals surface area contributed by atoms with Gasteiger partial charge in [-0.25, -0.2) is 19.3 Å². The van der Waals surface area contributed by atoms with Crippen LogP contribution in [-0.4, -0.2) is 20.9 Å². The van der Waals surface area contributed by atoms with E-state index in [1.807, 2.05) is 26.8 Å². The summed E-state index contributed by atoms with van der Waals surface area (Å²) in [6.07, 6.45) is 2.50. The lowest BCUT2D eigenvalue weighted by atomic mass is 9.97. The summed E-state index contributed by atoms with van der Waals surface area (Å²) in [5.74, 6) is -0.0283. The van der Waals surface area contributed by atoms with Gasteiger partial charge in [0, 0.05) is 36.2 Å². The molecule has 1 amide bonds. The number of hydrogen-bond donors (Lipinski definition) is 1. The molecule has 1 aromatic carbocycles. The van der Waals surface area contributed by atoms with E-state index in [1.165, 1.54) is 13.0 Å². The Labute approximate surface area is 145 Å². The highest BCUT2D eigenvalue weighted by Gasteiger charge is 2.14. The Kier molecular flexibility index (Phi) is 4.44. The third kappa shape index (κ3) is 3.33. The molecule has 0 fully saturated rings. The Morgan fingerprint density at radius 3 is 2.60 bits per heavy atom. The number of fused-ring (bicyclic) bond motifs is 1. The number of aryl methyl sites for hydroxylation is 3. The highest BCUT2D eigenvalue weighted by molar-refractivity contribution is 5.91. The lowest BCUT2D eigenvalue weighted by Crippen LogP contribution is -2.08. The molecule has 25 heavy (non-hydrogen) atoms. The molecular formula is C19H19FN4O. The van der Waals surface area contributed by atoms with Crippen molar-refractivity contribution in [3.8, 4) is 11.1 Å². The molecule has 0 atom stereocenters. The fourth-order valence-corrected chi connectivity index (χ4v) is 2.78. The Bertz CT molecular complexity index is 985. The molecule has 128 valence electrons. The summed E-state index contributed by atoms with van der Waals surface area (Å²) >= 11 is 0. The van der Waals surface area contributed by atoms with E-state index in [1.54, 1.807) is 12.3 Å². The highest BCUT2D eigenvalue weighted by atomic mass is 19.1. The van der Waals surface area contributed by atoms with Crippen LogP contribution in [0.5, 0.6) is 0 Å². The van der Waals surface area contributed by atoms with Gasteiger partial charge < -0.3 is 5.32 Å². The van der Waals surface area contributed by atoms with Crippen molar-refractivity contribution in [2.24, 2.45) is 0 Å². The quantitative estimate of drug-likeness (QED) is 0.785. The molecule has 0 saturated carbocycles. The number of nitrogens with one attached hydrogen (secondary N) is 1. The van der Waals surface area contributed by atoms with E-state index in [-0.39, 0.29) is 11.6 Å². The van der Waals surface area contributed by atoms with E-state index in [0.717, 1.165) is 40.0 Å². The first-order valence-corrected chi connectivity index (χ1v) is 8.10. The van der Waals surface area contributed by atoms with Crippen LogP contribution in [0.3, 0.4) is 0 Å². The van der Waals surface area contributed by atoms with Crippen molar-refractivity contribution in [2.45, 2.75) is 34.1 Å². The second-order valence-electron chi connectivity index (χ2n) is 6.00. The average molecular weight is 338 g/mol. The smallest absolute Gasteiger partial charge is 0.221 e. The number of rotatable bonds is 3. The van der Waals surface area contributed by atoms with Gasteiger partial charge in [-0.05, 0) is 43.2 Å². The zero-order chi connectivity index (χ0) is 18.1. The number of carbonyl (C=O) groups excluding carboxylic acids is 1. The van der Waals surface area contributed by atoms with Crippen LogP contribution in [0.25, 0.3) is 22.2 Å². The maximum atomic E-state index is 14.1.